The summed E-state index contributed by atoms with van der Waals surface area (Å²) in [5.41, 5.74) is 0.772. The molecule has 0 saturated carbocycles. The molecule has 3 nitrogen and oxygen atoms in total. The molecule has 1 amide bonds. The number of nitrogens with one attached hydrogen (secondary N) is 2. The fourth-order valence-corrected chi connectivity index (χ4v) is 2.52. The average molecular weight is 330 g/mol. The summed E-state index contributed by atoms with van der Waals surface area (Å²) >= 11 is 2.19. The van der Waals surface area contributed by atoms with Gasteiger partial charge in [0.2, 0.25) is 0 Å². The lowest BCUT2D eigenvalue weighted by atomic mass is 10.1. The Morgan fingerprint density at radius 2 is 2.25 bits per heavy atom. The van der Waals surface area contributed by atoms with E-state index in [9.17, 15) is 4.79 Å². The van der Waals surface area contributed by atoms with Crippen molar-refractivity contribution in [1.29, 1.82) is 0 Å². The molecule has 1 atom stereocenters. The van der Waals surface area contributed by atoms with Crippen LogP contribution in [0.1, 0.15) is 23.2 Å². The highest BCUT2D eigenvalue weighted by molar-refractivity contribution is 14.1. The quantitative estimate of drug-likeness (QED) is 0.812. The third-order valence-electron chi connectivity index (χ3n) is 2.75. The van der Waals surface area contributed by atoms with E-state index in [1.165, 1.54) is 0 Å². The minimum absolute atomic E-state index is 0.0405. The van der Waals surface area contributed by atoms with Crippen LogP contribution in [-0.2, 0) is 0 Å². The molecule has 1 heterocycles. The predicted molar refractivity (Wildman–Crippen MR) is 72.5 cm³/mol. The summed E-state index contributed by atoms with van der Waals surface area (Å²) in [5.74, 6) is 0.0405. The zero-order valence-electron chi connectivity index (χ0n) is 9.00. The number of hydrogen-bond acceptors (Lipinski definition) is 2. The van der Waals surface area contributed by atoms with Gasteiger partial charge in [0.25, 0.3) is 5.91 Å². The SMILES string of the molecule is O=C(NC1CCCNC1)c1ccccc1I. The Kier molecular flexibility index (Phi) is 4.17. The Morgan fingerprint density at radius 1 is 1.44 bits per heavy atom. The van der Waals surface area contributed by atoms with Crippen molar-refractivity contribution in [3.8, 4) is 0 Å². The van der Waals surface area contributed by atoms with Crippen LogP contribution >= 0.6 is 22.6 Å². The maximum atomic E-state index is 12.0. The Hall–Kier alpha value is -0.620. The van der Waals surface area contributed by atoms with Crippen molar-refractivity contribution in [3.63, 3.8) is 0 Å². The topological polar surface area (TPSA) is 41.1 Å². The molecule has 1 fully saturated rings. The molecule has 0 radical (unpaired) electrons. The maximum absolute atomic E-state index is 12.0. The molecule has 0 aliphatic carbocycles. The van der Waals surface area contributed by atoms with E-state index < -0.39 is 0 Å². The first-order valence-electron chi connectivity index (χ1n) is 5.53. The van der Waals surface area contributed by atoms with Gasteiger partial charge in [-0.15, -0.1) is 0 Å². The van der Waals surface area contributed by atoms with Gasteiger partial charge >= 0.3 is 0 Å². The number of amides is 1. The Morgan fingerprint density at radius 3 is 2.94 bits per heavy atom. The summed E-state index contributed by atoms with van der Waals surface area (Å²) in [7, 11) is 0. The first-order valence-corrected chi connectivity index (χ1v) is 6.61. The second kappa shape index (κ2) is 5.63. The first-order chi connectivity index (χ1) is 7.77. The van der Waals surface area contributed by atoms with E-state index in [4.69, 9.17) is 0 Å². The van der Waals surface area contributed by atoms with Crippen molar-refractivity contribution >= 4 is 28.5 Å². The average Bonchev–Trinajstić information content (AvgIpc) is 2.31. The molecule has 1 aliphatic heterocycles. The molecule has 0 spiro atoms. The fraction of sp³-hybridized carbons (Fsp3) is 0.417. The van der Waals surface area contributed by atoms with Crippen molar-refractivity contribution in [2.24, 2.45) is 0 Å². The van der Waals surface area contributed by atoms with E-state index in [1.807, 2.05) is 24.3 Å². The molecule has 1 aromatic rings. The minimum atomic E-state index is 0.0405. The minimum Gasteiger partial charge on any atom is -0.348 e. The van der Waals surface area contributed by atoms with Crippen molar-refractivity contribution in [2.75, 3.05) is 13.1 Å². The predicted octanol–water partition coefficient (Wildman–Crippen LogP) is 1.77. The largest absolute Gasteiger partial charge is 0.348 e. The molecule has 16 heavy (non-hydrogen) atoms. The molecule has 2 N–H and O–H groups in total. The van der Waals surface area contributed by atoms with Gasteiger partial charge in [-0.1, -0.05) is 12.1 Å². The van der Waals surface area contributed by atoms with E-state index in [2.05, 4.69) is 33.2 Å². The molecular formula is C12H15IN2O. The number of carbonyl (C=O) groups is 1. The lowest BCUT2D eigenvalue weighted by Crippen LogP contribution is -2.45. The van der Waals surface area contributed by atoms with Crippen molar-refractivity contribution in [2.45, 2.75) is 18.9 Å². The van der Waals surface area contributed by atoms with E-state index in [1.54, 1.807) is 0 Å². The van der Waals surface area contributed by atoms with Gasteiger partial charge in [-0.25, -0.2) is 0 Å². The lowest BCUT2D eigenvalue weighted by molar-refractivity contribution is 0.0930. The highest BCUT2D eigenvalue weighted by Gasteiger charge is 2.17. The van der Waals surface area contributed by atoms with E-state index in [-0.39, 0.29) is 11.9 Å². The maximum Gasteiger partial charge on any atom is 0.252 e. The van der Waals surface area contributed by atoms with Gasteiger partial charge < -0.3 is 10.6 Å². The van der Waals surface area contributed by atoms with Crippen LogP contribution in [0, 0.1) is 3.57 Å². The van der Waals surface area contributed by atoms with Gasteiger partial charge in [0.1, 0.15) is 0 Å². The van der Waals surface area contributed by atoms with Crippen LogP contribution in [0.2, 0.25) is 0 Å². The van der Waals surface area contributed by atoms with Crippen molar-refractivity contribution in [3.05, 3.63) is 33.4 Å². The molecule has 4 heteroatoms. The molecule has 0 bridgehead atoms. The van der Waals surface area contributed by atoms with Crippen LogP contribution in [0.15, 0.2) is 24.3 Å². The third-order valence-corrected chi connectivity index (χ3v) is 3.69. The van der Waals surface area contributed by atoms with Gasteiger partial charge in [0.15, 0.2) is 0 Å². The lowest BCUT2D eigenvalue weighted by Gasteiger charge is -2.23. The van der Waals surface area contributed by atoms with Gasteiger partial charge in [-0.05, 0) is 54.1 Å². The van der Waals surface area contributed by atoms with Crippen LogP contribution in [0.25, 0.3) is 0 Å². The van der Waals surface area contributed by atoms with Crippen LogP contribution in [-0.4, -0.2) is 25.0 Å². The van der Waals surface area contributed by atoms with E-state index >= 15 is 0 Å². The number of carbonyl (C=O) groups excluding carboxylic acids is 1. The van der Waals surface area contributed by atoms with Crippen LogP contribution < -0.4 is 10.6 Å². The monoisotopic (exact) mass is 330 g/mol. The summed E-state index contributed by atoms with van der Waals surface area (Å²) in [6, 6.07) is 7.94. The Labute approximate surface area is 109 Å². The smallest absolute Gasteiger partial charge is 0.252 e. The van der Waals surface area contributed by atoms with Gasteiger partial charge in [-0.2, -0.15) is 0 Å². The second-order valence-corrected chi connectivity index (χ2v) is 5.16. The number of halogens is 1. The normalized spacial score (nSPS) is 20.4. The summed E-state index contributed by atoms with van der Waals surface area (Å²) in [6.07, 6.45) is 2.21. The van der Waals surface area contributed by atoms with Crippen LogP contribution in [0.3, 0.4) is 0 Å². The zero-order chi connectivity index (χ0) is 11.4. The van der Waals surface area contributed by atoms with Gasteiger partial charge in [0, 0.05) is 16.2 Å². The number of benzene rings is 1. The Bertz CT molecular complexity index is 375. The second-order valence-electron chi connectivity index (χ2n) is 4.00. The molecular weight excluding hydrogens is 315 g/mol. The molecule has 2 rings (SSSR count). The highest BCUT2D eigenvalue weighted by Crippen LogP contribution is 2.12. The zero-order valence-corrected chi connectivity index (χ0v) is 11.2. The summed E-state index contributed by atoms with van der Waals surface area (Å²) < 4.78 is 1.00. The molecule has 1 unspecified atom stereocenters. The van der Waals surface area contributed by atoms with E-state index in [0.29, 0.717) is 0 Å². The van der Waals surface area contributed by atoms with Crippen molar-refractivity contribution in [1.82, 2.24) is 10.6 Å². The number of piperidine rings is 1. The first kappa shape index (κ1) is 11.9. The molecule has 1 saturated heterocycles. The molecule has 86 valence electrons. The fourth-order valence-electron chi connectivity index (χ4n) is 1.88. The number of hydrogen-bond donors (Lipinski definition) is 2. The van der Waals surface area contributed by atoms with E-state index in [0.717, 1.165) is 35.1 Å². The number of rotatable bonds is 2. The highest BCUT2D eigenvalue weighted by atomic mass is 127. The van der Waals surface area contributed by atoms with Crippen LogP contribution in [0.4, 0.5) is 0 Å². The van der Waals surface area contributed by atoms with Gasteiger partial charge in [0.05, 0.1) is 5.56 Å². The summed E-state index contributed by atoms with van der Waals surface area (Å²) in [6.45, 7) is 1.95. The van der Waals surface area contributed by atoms with Gasteiger partial charge in [-0.3, -0.25) is 4.79 Å². The third kappa shape index (κ3) is 2.95. The molecule has 0 aromatic heterocycles. The van der Waals surface area contributed by atoms with Crippen LogP contribution in [0.5, 0.6) is 0 Å². The Balaban J connectivity index is 2.00. The summed E-state index contributed by atoms with van der Waals surface area (Å²) in [5, 5.41) is 6.36. The van der Waals surface area contributed by atoms with Crippen molar-refractivity contribution < 1.29 is 4.79 Å². The summed E-state index contributed by atoms with van der Waals surface area (Å²) in [4.78, 5) is 12.0. The molecule has 1 aliphatic rings. The standard InChI is InChI=1S/C12H15IN2O/c13-11-6-2-1-5-10(11)12(16)15-9-4-3-7-14-8-9/h1-2,5-6,9,14H,3-4,7-8H2,(H,15,16). The molecule has 1 aromatic carbocycles.